The summed E-state index contributed by atoms with van der Waals surface area (Å²) in [5.74, 6) is -0.462. The minimum Gasteiger partial charge on any atom is -0.381 e. The number of halogens is 5. The first-order chi connectivity index (χ1) is 19.4. The molecule has 3 aliphatic rings. The highest BCUT2D eigenvalue weighted by molar-refractivity contribution is 6.10. The molecule has 4 heterocycles. The summed E-state index contributed by atoms with van der Waals surface area (Å²) < 4.78 is 84.6. The number of rotatable bonds is 8. The number of carbonyl (C=O) groups excluding carboxylic acids is 1. The van der Waals surface area contributed by atoms with Crippen molar-refractivity contribution < 1.29 is 36.2 Å². The topological polar surface area (TPSA) is 72.7 Å². The molecule has 41 heavy (non-hydrogen) atoms. The van der Waals surface area contributed by atoms with Crippen LogP contribution in [-0.4, -0.2) is 71.3 Å². The third-order valence-electron chi connectivity index (χ3n) is 8.14. The fourth-order valence-corrected chi connectivity index (χ4v) is 6.03. The lowest BCUT2D eigenvalue weighted by molar-refractivity contribution is -0.138. The van der Waals surface area contributed by atoms with Gasteiger partial charge in [-0.15, -0.1) is 10.2 Å². The molecule has 0 aliphatic carbocycles. The van der Waals surface area contributed by atoms with Crippen molar-refractivity contribution in [3.05, 3.63) is 76.4 Å². The molecule has 0 bridgehead atoms. The molecule has 0 radical (unpaired) electrons. The summed E-state index contributed by atoms with van der Waals surface area (Å²) in [5, 5.41) is 7.66. The van der Waals surface area contributed by atoms with Gasteiger partial charge in [0, 0.05) is 45.0 Å². The number of aryl methyl sites for hydroxylation is 1. The van der Waals surface area contributed by atoms with E-state index >= 15 is 4.39 Å². The molecule has 8 nitrogen and oxygen atoms in total. The Kier molecular flexibility index (Phi) is 6.66. The second kappa shape index (κ2) is 9.85. The van der Waals surface area contributed by atoms with Crippen molar-refractivity contribution in [2.45, 2.75) is 36.5 Å². The molecule has 0 N–H and O–H groups in total. The molecule has 2 fully saturated rings. The number of methoxy groups -OCH3 is 1. The van der Waals surface area contributed by atoms with Crippen molar-refractivity contribution in [3.63, 3.8) is 0 Å². The highest BCUT2D eigenvalue weighted by Gasteiger charge is 2.51. The lowest BCUT2D eigenvalue weighted by Crippen LogP contribution is -2.60. The smallest absolute Gasteiger partial charge is 0.381 e. The number of aromatic nitrogens is 3. The van der Waals surface area contributed by atoms with Crippen LogP contribution in [0.2, 0.25) is 0 Å². The molecule has 2 saturated heterocycles. The Morgan fingerprint density at radius 2 is 1.93 bits per heavy atom. The Labute approximate surface area is 232 Å². The van der Waals surface area contributed by atoms with E-state index in [2.05, 4.69) is 10.2 Å². The van der Waals surface area contributed by atoms with Crippen molar-refractivity contribution in [2.75, 3.05) is 44.9 Å². The SMILES string of the molecule is COCC1(F)CN(Cc2cc3c(c(C(F)(F)F)c2)CN(c2cccc(C4([C@@H](F)c5nncn5C)COC4)c2)C3=O)C1. The van der Waals surface area contributed by atoms with Gasteiger partial charge in [-0.25, -0.2) is 8.78 Å². The van der Waals surface area contributed by atoms with Crippen LogP contribution in [0, 0.1) is 0 Å². The molecule has 1 atom stereocenters. The van der Waals surface area contributed by atoms with Gasteiger partial charge in [-0.3, -0.25) is 9.69 Å². The molecule has 3 aromatic rings. The Morgan fingerprint density at radius 3 is 2.54 bits per heavy atom. The van der Waals surface area contributed by atoms with Crippen LogP contribution in [0.1, 0.15) is 44.6 Å². The quantitative estimate of drug-likeness (QED) is 0.375. The molecule has 6 rings (SSSR count). The molecule has 0 saturated carbocycles. The van der Waals surface area contributed by atoms with Crippen molar-refractivity contribution in [1.29, 1.82) is 0 Å². The van der Waals surface area contributed by atoms with Crippen LogP contribution in [0.5, 0.6) is 0 Å². The first-order valence-corrected chi connectivity index (χ1v) is 13.1. The van der Waals surface area contributed by atoms with E-state index in [0.29, 0.717) is 11.3 Å². The van der Waals surface area contributed by atoms with Crippen LogP contribution in [0.4, 0.5) is 27.6 Å². The molecule has 2 aromatic carbocycles. The normalized spacial score (nSPS) is 20.5. The minimum absolute atomic E-state index is 0.0293. The zero-order valence-electron chi connectivity index (χ0n) is 22.4. The number of amides is 1. The fourth-order valence-electron chi connectivity index (χ4n) is 6.03. The van der Waals surface area contributed by atoms with Gasteiger partial charge in [0.2, 0.25) is 0 Å². The average molecular weight is 578 g/mol. The summed E-state index contributed by atoms with van der Waals surface area (Å²) in [6.07, 6.45) is -4.86. The van der Waals surface area contributed by atoms with E-state index in [4.69, 9.17) is 9.47 Å². The average Bonchev–Trinajstić information content (AvgIpc) is 3.45. The third kappa shape index (κ3) is 4.69. The lowest BCUT2D eigenvalue weighted by atomic mass is 9.74. The van der Waals surface area contributed by atoms with Gasteiger partial charge in [-0.1, -0.05) is 12.1 Å². The van der Waals surface area contributed by atoms with Gasteiger partial charge in [0.05, 0.1) is 37.3 Å². The van der Waals surface area contributed by atoms with E-state index in [-0.39, 0.29) is 68.5 Å². The summed E-state index contributed by atoms with van der Waals surface area (Å²) >= 11 is 0. The molecule has 1 amide bonds. The lowest BCUT2D eigenvalue weighted by Gasteiger charge is -2.44. The molecule has 0 spiro atoms. The van der Waals surface area contributed by atoms with E-state index in [0.717, 1.165) is 6.07 Å². The van der Waals surface area contributed by atoms with E-state index < -0.39 is 34.9 Å². The highest BCUT2D eigenvalue weighted by Crippen LogP contribution is 2.47. The number of hydrogen-bond donors (Lipinski definition) is 0. The standard InChI is InChI=1S/C28H28F5N5O3/c1-36-16-34-35-24(36)23(29)27(14-41-15-27)18-4-3-5-19(8-18)38-10-21-20(25(38)39)6-17(7-22(21)28(31,32)33)9-37-11-26(30,12-37)13-40-2/h3-8,16,23H,9-15H2,1-2H3/t23-/m0/s1. The first-order valence-electron chi connectivity index (χ1n) is 13.1. The van der Waals surface area contributed by atoms with Crippen LogP contribution in [-0.2, 0) is 41.2 Å². The monoisotopic (exact) mass is 577 g/mol. The first kappa shape index (κ1) is 27.7. The van der Waals surface area contributed by atoms with Crippen molar-refractivity contribution >= 4 is 11.6 Å². The van der Waals surface area contributed by atoms with Crippen LogP contribution in [0.3, 0.4) is 0 Å². The van der Waals surface area contributed by atoms with Crippen LogP contribution in [0.25, 0.3) is 0 Å². The Balaban J connectivity index is 1.29. The second-order valence-corrected chi connectivity index (χ2v) is 11.1. The van der Waals surface area contributed by atoms with Gasteiger partial charge < -0.3 is 18.9 Å². The van der Waals surface area contributed by atoms with Crippen LogP contribution >= 0.6 is 0 Å². The molecule has 13 heteroatoms. The largest absolute Gasteiger partial charge is 0.416 e. The maximum Gasteiger partial charge on any atom is 0.416 e. The molecular weight excluding hydrogens is 549 g/mol. The summed E-state index contributed by atoms with van der Waals surface area (Å²) in [6, 6.07) is 9.09. The van der Waals surface area contributed by atoms with E-state index in [1.54, 1.807) is 36.2 Å². The number of likely N-dealkylation sites (tertiary alicyclic amines) is 1. The zero-order valence-corrected chi connectivity index (χ0v) is 22.4. The van der Waals surface area contributed by atoms with E-state index in [1.807, 2.05) is 0 Å². The van der Waals surface area contributed by atoms with Crippen LogP contribution < -0.4 is 4.90 Å². The number of ether oxygens (including phenoxy) is 2. The summed E-state index contributed by atoms with van der Waals surface area (Å²) in [5.41, 5.74) is -2.52. The number of carbonyl (C=O) groups is 1. The maximum absolute atomic E-state index is 15.8. The Hall–Kier alpha value is -3.42. The number of benzene rings is 2. The van der Waals surface area contributed by atoms with Crippen molar-refractivity contribution in [1.82, 2.24) is 19.7 Å². The predicted octanol–water partition coefficient (Wildman–Crippen LogP) is 4.14. The molecule has 1 aromatic heterocycles. The van der Waals surface area contributed by atoms with Crippen molar-refractivity contribution in [2.24, 2.45) is 7.05 Å². The summed E-state index contributed by atoms with van der Waals surface area (Å²) in [6.45, 7) is -0.116. The zero-order chi connectivity index (χ0) is 29.2. The Bertz CT molecular complexity index is 1480. The number of alkyl halides is 5. The number of nitrogens with zero attached hydrogens (tertiary/aromatic N) is 5. The molecule has 0 unspecified atom stereocenters. The van der Waals surface area contributed by atoms with Gasteiger partial charge in [0.1, 0.15) is 6.33 Å². The number of anilines is 1. The molecule has 3 aliphatic heterocycles. The van der Waals surface area contributed by atoms with Gasteiger partial charge in [0.15, 0.2) is 17.7 Å². The summed E-state index contributed by atoms with van der Waals surface area (Å²) in [4.78, 5) is 16.5. The van der Waals surface area contributed by atoms with Crippen LogP contribution in [0.15, 0.2) is 42.7 Å². The number of hydrogen-bond acceptors (Lipinski definition) is 6. The van der Waals surface area contributed by atoms with Crippen molar-refractivity contribution in [3.8, 4) is 0 Å². The van der Waals surface area contributed by atoms with Gasteiger partial charge in [-0.2, -0.15) is 13.2 Å². The maximum atomic E-state index is 15.8. The third-order valence-corrected chi connectivity index (χ3v) is 8.14. The second-order valence-electron chi connectivity index (χ2n) is 11.1. The van der Waals surface area contributed by atoms with Gasteiger partial charge in [0.25, 0.3) is 5.91 Å². The van der Waals surface area contributed by atoms with Gasteiger partial charge in [-0.05, 0) is 41.0 Å². The highest BCUT2D eigenvalue weighted by atomic mass is 19.4. The number of fused-ring (bicyclic) bond motifs is 1. The molecule has 218 valence electrons. The van der Waals surface area contributed by atoms with Gasteiger partial charge >= 0.3 is 6.18 Å². The summed E-state index contributed by atoms with van der Waals surface area (Å²) in [7, 11) is 3.02. The minimum atomic E-state index is -4.70. The predicted molar refractivity (Wildman–Crippen MR) is 137 cm³/mol. The fraction of sp³-hybridized carbons (Fsp3) is 0.464. The Morgan fingerprint density at radius 1 is 1.17 bits per heavy atom. The van der Waals surface area contributed by atoms with E-state index in [9.17, 15) is 22.4 Å². The molecular formula is C28H28F5N5O3. The van der Waals surface area contributed by atoms with E-state index in [1.165, 1.54) is 29.0 Å².